The highest BCUT2D eigenvalue weighted by Crippen LogP contribution is 2.28. The molecule has 0 saturated carbocycles. The van der Waals surface area contributed by atoms with E-state index in [1.807, 2.05) is 54.3 Å². The van der Waals surface area contributed by atoms with Gasteiger partial charge < -0.3 is 19.5 Å². The number of amides is 2. The number of hydrogen-bond acceptors (Lipinski definition) is 3. The molecule has 1 fully saturated rings. The zero-order valence-corrected chi connectivity index (χ0v) is 18.3. The lowest BCUT2D eigenvalue weighted by Gasteiger charge is -2.35. The predicted molar refractivity (Wildman–Crippen MR) is 124 cm³/mol. The van der Waals surface area contributed by atoms with Gasteiger partial charge in [0.1, 0.15) is 0 Å². The molecule has 0 atom stereocenters. The van der Waals surface area contributed by atoms with Gasteiger partial charge in [0.2, 0.25) is 0 Å². The molecule has 2 aromatic carbocycles. The number of nitrogens with zero attached hydrogens (tertiary/aromatic N) is 4. The molecule has 0 radical (unpaired) electrons. The van der Waals surface area contributed by atoms with Crippen molar-refractivity contribution in [3.8, 4) is 0 Å². The molecule has 1 N–H and O–H groups in total. The lowest BCUT2D eigenvalue weighted by atomic mass is 10.2. The zero-order chi connectivity index (χ0) is 20.7. The van der Waals surface area contributed by atoms with Crippen LogP contribution in [0, 0.1) is 6.92 Å². The highest BCUT2D eigenvalue weighted by atomic mass is 79.9. The van der Waals surface area contributed by atoms with E-state index in [9.17, 15) is 4.79 Å². The van der Waals surface area contributed by atoms with Crippen LogP contribution in [0.15, 0.2) is 65.3 Å². The van der Waals surface area contributed by atoms with Crippen LogP contribution in [-0.2, 0) is 0 Å². The number of benzene rings is 2. The third kappa shape index (κ3) is 3.39. The Kier molecular flexibility index (Phi) is 4.83. The van der Waals surface area contributed by atoms with Gasteiger partial charge in [0, 0.05) is 42.5 Å². The molecule has 6 nitrogen and oxygen atoms in total. The number of rotatable bonds is 2. The molecule has 0 unspecified atom stereocenters. The Balaban J connectivity index is 1.36. The molecule has 0 aliphatic carbocycles. The van der Waals surface area contributed by atoms with E-state index in [-0.39, 0.29) is 6.03 Å². The molecule has 1 aliphatic rings. The average molecular weight is 464 g/mol. The molecule has 2 aromatic heterocycles. The number of nitrogens with one attached hydrogen (secondary N) is 1. The molecule has 2 amide bonds. The third-order valence-corrected chi connectivity index (χ3v) is 6.15. The van der Waals surface area contributed by atoms with Gasteiger partial charge in [-0.05, 0) is 48.9 Å². The van der Waals surface area contributed by atoms with Crippen molar-refractivity contribution in [1.29, 1.82) is 0 Å². The van der Waals surface area contributed by atoms with Crippen molar-refractivity contribution in [3.05, 3.63) is 70.8 Å². The van der Waals surface area contributed by atoms with Gasteiger partial charge in [0.05, 0.1) is 16.6 Å². The zero-order valence-electron chi connectivity index (χ0n) is 16.7. The second kappa shape index (κ2) is 7.65. The number of fused-ring (bicyclic) bond motifs is 3. The Bertz CT molecular complexity index is 1240. The van der Waals surface area contributed by atoms with Gasteiger partial charge in [0.15, 0.2) is 5.82 Å². The number of para-hydroxylation sites is 1. The first kappa shape index (κ1) is 18.9. The molecular formula is C23H22BrN5O. The van der Waals surface area contributed by atoms with Crippen LogP contribution in [0.5, 0.6) is 0 Å². The van der Waals surface area contributed by atoms with E-state index in [4.69, 9.17) is 4.98 Å². The summed E-state index contributed by atoms with van der Waals surface area (Å²) in [7, 11) is 0. The lowest BCUT2D eigenvalue weighted by molar-refractivity contribution is 0.208. The minimum absolute atomic E-state index is 0.0489. The average Bonchev–Trinajstić information content (AvgIpc) is 3.25. The Labute approximate surface area is 183 Å². The molecule has 1 aliphatic heterocycles. The summed E-state index contributed by atoms with van der Waals surface area (Å²) in [5, 5.41) is 3.03. The monoisotopic (exact) mass is 463 g/mol. The number of piperazine rings is 1. The highest BCUT2D eigenvalue weighted by Gasteiger charge is 2.24. The number of aromatic nitrogens is 2. The molecule has 3 heterocycles. The number of hydrogen-bond donors (Lipinski definition) is 1. The molecule has 1 saturated heterocycles. The molecule has 30 heavy (non-hydrogen) atoms. The first-order valence-electron chi connectivity index (χ1n) is 10.0. The number of carbonyl (C=O) groups is 1. The smallest absolute Gasteiger partial charge is 0.321 e. The third-order valence-electron chi connectivity index (χ3n) is 5.65. The van der Waals surface area contributed by atoms with E-state index >= 15 is 0 Å². The van der Waals surface area contributed by atoms with Crippen molar-refractivity contribution in [2.75, 3.05) is 36.4 Å². The maximum atomic E-state index is 12.7. The van der Waals surface area contributed by atoms with Crippen LogP contribution in [0.2, 0.25) is 0 Å². The van der Waals surface area contributed by atoms with Gasteiger partial charge in [-0.25, -0.2) is 9.78 Å². The fraction of sp³-hybridized carbons (Fsp3) is 0.217. The van der Waals surface area contributed by atoms with Gasteiger partial charge in [-0.2, -0.15) is 0 Å². The number of halogens is 1. The van der Waals surface area contributed by atoms with E-state index in [1.165, 1.54) is 0 Å². The van der Waals surface area contributed by atoms with Crippen molar-refractivity contribution < 1.29 is 4.79 Å². The predicted octanol–water partition coefficient (Wildman–Crippen LogP) is 4.91. The summed E-state index contributed by atoms with van der Waals surface area (Å²) in [6.07, 6.45) is 2.07. The van der Waals surface area contributed by atoms with Gasteiger partial charge in [-0.15, -0.1) is 0 Å². The number of urea groups is 1. The molecule has 4 aromatic rings. The number of anilines is 2. The summed E-state index contributed by atoms with van der Waals surface area (Å²) >= 11 is 3.55. The Morgan fingerprint density at radius 2 is 1.80 bits per heavy atom. The van der Waals surface area contributed by atoms with Crippen LogP contribution in [0.1, 0.15) is 5.56 Å². The fourth-order valence-electron chi connectivity index (χ4n) is 4.00. The Hall–Kier alpha value is -3.06. The van der Waals surface area contributed by atoms with E-state index in [1.54, 1.807) is 0 Å². The van der Waals surface area contributed by atoms with Crippen LogP contribution < -0.4 is 10.2 Å². The van der Waals surface area contributed by atoms with Crippen LogP contribution >= 0.6 is 15.9 Å². The largest absolute Gasteiger partial charge is 0.351 e. The maximum absolute atomic E-state index is 12.7. The van der Waals surface area contributed by atoms with Crippen LogP contribution in [0.25, 0.3) is 16.6 Å². The molecule has 0 spiro atoms. The van der Waals surface area contributed by atoms with E-state index in [2.05, 4.69) is 48.9 Å². The lowest BCUT2D eigenvalue weighted by Crippen LogP contribution is -2.50. The van der Waals surface area contributed by atoms with Crippen molar-refractivity contribution in [1.82, 2.24) is 14.3 Å². The normalized spacial score (nSPS) is 14.5. The van der Waals surface area contributed by atoms with E-state index in [0.29, 0.717) is 13.1 Å². The minimum atomic E-state index is -0.0489. The topological polar surface area (TPSA) is 52.9 Å². The molecule has 7 heteroatoms. The van der Waals surface area contributed by atoms with E-state index in [0.717, 1.165) is 51.2 Å². The summed E-state index contributed by atoms with van der Waals surface area (Å²) in [5.41, 5.74) is 5.04. The summed E-state index contributed by atoms with van der Waals surface area (Å²) < 4.78 is 3.19. The summed E-state index contributed by atoms with van der Waals surface area (Å²) in [5.74, 6) is 0.963. The summed E-state index contributed by atoms with van der Waals surface area (Å²) in [4.78, 5) is 21.8. The van der Waals surface area contributed by atoms with E-state index < -0.39 is 0 Å². The minimum Gasteiger partial charge on any atom is -0.351 e. The first-order chi connectivity index (χ1) is 14.6. The van der Waals surface area contributed by atoms with Crippen LogP contribution in [-0.4, -0.2) is 46.5 Å². The fourth-order valence-corrected chi connectivity index (χ4v) is 4.34. The standard InChI is InChI=1S/C23H22BrN5O/c1-16-5-2-3-6-18(16)26-23(30)28-13-11-27(12-14-28)22-21-7-4-10-29(21)20-9-8-17(24)15-19(20)25-22/h2-10,15H,11-14H2,1H3,(H,26,30). The maximum Gasteiger partial charge on any atom is 0.321 e. The molecular weight excluding hydrogens is 442 g/mol. The van der Waals surface area contributed by atoms with Crippen LogP contribution in [0.3, 0.4) is 0 Å². The Morgan fingerprint density at radius 3 is 2.60 bits per heavy atom. The quantitative estimate of drug-likeness (QED) is 0.459. The number of aryl methyl sites for hydroxylation is 1. The highest BCUT2D eigenvalue weighted by molar-refractivity contribution is 9.10. The first-order valence-corrected chi connectivity index (χ1v) is 10.8. The van der Waals surface area contributed by atoms with Gasteiger partial charge in [-0.1, -0.05) is 34.1 Å². The molecule has 0 bridgehead atoms. The molecule has 5 rings (SSSR count). The second-order valence-corrected chi connectivity index (χ2v) is 8.47. The van der Waals surface area contributed by atoms with Gasteiger partial charge in [0.25, 0.3) is 0 Å². The van der Waals surface area contributed by atoms with Crippen molar-refractivity contribution >= 4 is 50.0 Å². The van der Waals surface area contributed by atoms with Gasteiger partial charge >= 0.3 is 6.03 Å². The number of carbonyl (C=O) groups excluding carboxylic acids is 1. The van der Waals surface area contributed by atoms with Gasteiger partial charge in [-0.3, -0.25) is 0 Å². The summed E-state index contributed by atoms with van der Waals surface area (Å²) in [6, 6.07) is 18.1. The summed E-state index contributed by atoms with van der Waals surface area (Å²) in [6.45, 7) is 4.80. The second-order valence-electron chi connectivity index (χ2n) is 7.55. The van der Waals surface area contributed by atoms with Crippen molar-refractivity contribution in [2.24, 2.45) is 0 Å². The molecule has 152 valence electrons. The van der Waals surface area contributed by atoms with Crippen LogP contribution in [0.4, 0.5) is 16.3 Å². The SMILES string of the molecule is Cc1ccccc1NC(=O)N1CCN(c2nc3cc(Br)ccc3n3cccc23)CC1. The van der Waals surface area contributed by atoms with Crippen molar-refractivity contribution in [3.63, 3.8) is 0 Å². The van der Waals surface area contributed by atoms with Crippen molar-refractivity contribution in [2.45, 2.75) is 6.92 Å². The Morgan fingerprint density at radius 1 is 1.00 bits per heavy atom.